The molecule has 26 heavy (non-hydrogen) atoms. The van der Waals surface area contributed by atoms with Crippen LogP contribution in [0.15, 0.2) is 53.7 Å². The number of benzene rings is 1. The highest BCUT2D eigenvalue weighted by atomic mass is 16.5. The van der Waals surface area contributed by atoms with E-state index in [-0.39, 0.29) is 24.8 Å². The predicted molar refractivity (Wildman–Crippen MR) is 90.1 cm³/mol. The number of fused-ring (bicyclic) bond motifs is 1. The van der Waals surface area contributed by atoms with Crippen molar-refractivity contribution in [1.29, 1.82) is 0 Å². The molecule has 1 aromatic carbocycles. The summed E-state index contributed by atoms with van der Waals surface area (Å²) in [6.07, 6.45) is 6.14. The molecule has 0 aliphatic carbocycles. The topological polar surface area (TPSA) is 119 Å². The average Bonchev–Trinajstić information content (AvgIpc) is 3.36. The molecule has 0 bridgehead atoms. The van der Waals surface area contributed by atoms with Crippen LogP contribution in [0.5, 0.6) is 5.75 Å². The molecular weight excluding hydrogens is 336 g/mol. The number of carbonyl (C=O) groups is 1. The molecule has 4 rings (SSSR count). The average molecular weight is 350 g/mol. The summed E-state index contributed by atoms with van der Waals surface area (Å²) in [5.74, 6) is 1.18. The van der Waals surface area contributed by atoms with Gasteiger partial charge in [0.05, 0.1) is 6.54 Å². The molecule has 130 valence electrons. The van der Waals surface area contributed by atoms with Crippen LogP contribution in [0.3, 0.4) is 0 Å². The summed E-state index contributed by atoms with van der Waals surface area (Å²) in [5.41, 5.74) is 0.172. The highest BCUT2D eigenvalue weighted by Crippen LogP contribution is 2.25. The number of nitrogens with zero attached hydrogens (tertiary/aromatic N) is 4. The largest absolute Gasteiger partial charge is 0.483 e. The summed E-state index contributed by atoms with van der Waals surface area (Å²) in [5, 5.41) is 11.0. The van der Waals surface area contributed by atoms with Crippen molar-refractivity contribution >= 4 is 16.7 Å². The minimum atomic E-state index is -0.368. The fraction of sp³-hybridized carbons (Fsp3) is 0.118. The van der Waals surface area contributed by atoms with Gasteiger partial charge in [-0.2, -0.15) is 5.10 Å². The zero-order chi connectivity index (χ0) is 17.8. The molecule has 0 aliphatic heterocycles. The molecule has 4 aromatic rings. The summed E-state index contributed by atoms with van der Waals surface area (Å²) in [6.45, 7) is 0.332. The predicted octanol–water partition coefficient (Wildman–Crippen LogP) is 1.85. The standard InChI is InChI=1S/C17H14N6O3/c24-17(19-7-15-20-10-21-23-15)13-8-26-16(22-13)9-25-14-3-1-2-11-6-18-5-4-12(11)14/h1-6,8,10H,7,9H2,(H,19,24)(H,20,21,23). The first kappa shape index (κ1) is 15.8. The van der Waals surface area contributed by atoms with Crippen LogP contribution in [0, 0.1) is 0 Å². The van der Waals surface area contributed by atoms with Gasteiger partial charge in [0, 0.05) is 23.2 Å². The van der Waals surface area contributed by atoms with Crippen LogP contribution in [0.1, 0.15) is 22.2 Å². The smallest absolute Gasteiger partial charge is 0.273 e. The van der Waals surface area contributed by atoms with Gasteiger partial charge in [0.25, 0.3) is 5.91 Å². The Morgan fingerprint density at radius 1 is 1.31 bits per heavy atom. The molecule has 0 spiro atoms. The number of hydrogen-bond donors (Lipinski definition) is 2. The summed E-state index contributed by atoms with van der Waals surface area (Å²) in [6, 6.07) is 7.58. The number of oxazole rings is 1. The van der Waals surface area contributed by atoms with Crippen LogP contribution in [0.2, 0.25) is 0 Å². The fourth-order valence-corrected chi connectivity index (χ4v) is 2.41. The van der Waals surface area contributed by atoms with E-state index in [0.29, 0.717) is 17.5 Å². The van der Waals surface area contributed by atoms with E-state index in [1.165, 1.54) is 12.6 Å². The number of aromatic nitrogens is 5. The van der Waals surface area contributed by atoms with Crippen molar-refractivity contribution in [3.8, 4) is 5.75 Å². The van der Waals surface area contributed by atoms with E-state index in [0.717, 1.165) is 10.8 Å². The molecule has 3 aromatic heterocycles. The third-order valence-electron chi connectivity index (χ3n) is 3.66. The van der Waals surface area contributed by atoms with E-state index >= 15 is 0 Å². The second-order valence-electron chi connectivity index (χ2n) is 5.38. The molecule has 0 saturated heterocycles. The van der Waals surface area contributed by atoms with E-state index in [2.05, 4.69) is 30.5 Å². The molecule has 0 saturated carbocycles. The Hall–Kier alpha value is -3.75. The van der Waals surface area contributed by atoms with Gasteiger partial charge < -0.3 is 14.5 Å². The van der Waals surface area contributed by atoms with Gasteiger partial charge in [-0.1, -0.05) is 12.1 Å². The zero-order valence-corrected chi connectivity index (χ0v) is 13.5. The highest BCUT2D eigenvalue weighted by Gasteiger charge is 2.13. The van der Waals surface area contributed by atoms with E-state index in [4.69, 9.17) is 9.15 Å². The maximum Gasteiger partial charge on any atom is 0.273 e. The molecule has 2 N–H and O–H groups in total. The van der Waals surface area contributed by atoms with Gasteiger partial charge in [-0.05, 0) is 12.1 Å². The number of hydrogen-bond acceptors (Lipinski definition) is 7. The van der Waals surface area contributed by atoms with Crippen LogP contribution in [-0.2, 0) is 13.2 Å². The molecule has 0 unspecified atom stereocenters. The van der Waals surface area contributed by atoms with Crippen LogP contribution in [-0.4, -0.2) is 31.1 Å². The Bertz CT molecular complexity index is 1020. The second-order valence-corrected chi connectivity index (χ2v) is 5.38. The minimum Gasteiger partial charge on any atom is -0.483 e. The molecule has 9 heteroatoms. The number of amides is 1. The monoisotopic (exact) mass is 350 g/mol. The first-order valence-corrected chi connectivity index (χ1v) is 7.82. The lowest BCUT2D eigenvalue weighted by molar-refractivity contribution is 0.0945. The van der Waals surface area contributed by atoms with E-state index in [1.807, 2.05) is 24.3 Å². The molecule has 0 aliphatic rings. The highest BCUT2D eigenvalue weighted by molar-refractivity contribution is 5.91. The SMILES string of the molecule is O=C(NCc1ncn[nH]1)c1coc(COc2cccc3cnccc23)n1. The lowest BCUT2D eigenvalue weighted by Gasteiger charge is -2.06. The first-order valence-electron chi connectivity index (χ1n) is 7.82. The van der Waals surface area contributed by atoms with Crippen molar-refractivity contribution in [3.05, 3.63) is 66.7 Å². The third-order valence-corrected chi connectivity index (χ3v) is 3.66. The third kappa shape index (κ3) is 3.36. The Kier molecular flexibility index (Phi) is 4.25. The van der Waals surface area contributed by atoms with Gasteiger partial charge in [0.1, 0.15) is 24.2 Å². The van der Waals surface area contributed by atoms with E-state index in [9.17, 15) is 4.79 Å². The van der Waals surface area contributed by atoms with E-state index < -0.39 is 0 Å². The molecule has 0 fully saturated rings. The van der Waals surface area contributed by atoms with Crippen LogP contribution in [0.4, 0.5) is 0 Å². The van der Waals surface area contributed by atoms with Crippen molar-refractivity contribution < 1.29 is 13.9 Å². The quantitative estimate of drug-likeness (QED) is 0.544. The van der Waals surface area contributed by atoms with Gasteiger partial charge in [-0.25, -0.2) is 9.97 Å². The number of rotatable bonds is 6. The molecule has 3 heterocycles. The number of pyridine rings is 1. The van der Waals surface area contributed by atoms with Crippen molar-refractivity contribution in [2.75, 3.05) is 0 Å². The molecule has 0 radical (unpaired) electrons. The fourth-order valence-electron chi connectivity index (χ4n) is 2.41. The summed E-state index contributed by atoms with van der Waals surface area (Å²) in [4.78, 5) is 24.2. The molecular formula is C17H14N6O3. The molecule has 9 nitrogen and oxygen atoms in total. The zero-order valence-electron chi connectivity index (χ0n) is 13.5. The molecule has 0 atom stereocenters. The second kappa shape index (κ2) is 7.01. The lowest BCUT2D eigenvalue weighted by Crippen LogP contribution is -2.23. The van der Waals surface area contributed by atoms with Crippen LogP contribution >= 0.6 is 0 Å². The van der Waals surface area contributed by atoms with Gasteiger partial charge in [-0.3, -0.25) is 14.9 Å². The first-order chi connectivity index (χ1) is 12.8. The maximum absolute atomic E-state index is 12.1. The van der Waals surface area contributed by atoms with Crippen molar-refractivity contribution in [2.24, 2.45) is 0 Å². The lowest BCUT2D eigenvalue weighted by atomic mass is 10.1. The Morgan fingerprint density at radius 3 is 3.15 bits per heavy atom. The molecule has 1 amide bonds. The number of carbonyl (C=O) groups excluding carboxylic acids is 1. The Labute approximate surface area is 147 Å². The van der Waals surface area contributed by atoms with Gasteiger partial charge in [0.15, 0.2) is 12.3 Å². The van der Waals surface area contributed by atoms with Crippen LogP contribution < -0.4 is 10.1 Å². The maximum atomic E-state index is 12.1. The van der Waals surface area contributed by atoms with Gasteiger partial charge >= 0.3 is 0 Å². The Balaban J connectivity index is 1.39. The minimum absolute atomic E-state index is 0.108. The summed E-state index contributed by atoms with van der Waals surface area (Å²) in [7, 11) is 0. The van der Waals surface area contributed by atoms with Gasteiger partial charge in [-0.15, -0.1) is 0 Å². The number of nitrogens with one attached hydrogen (secondary N) is 2. The van der Waals surface area contributed by atoms with Crippen molar-refractivity contribution in [1.82, 2.24) is 30.5 Å². The van der Waals surface area contributed by atoms with Crippen LogP contribution in [0.25, 0.3) is 10.8 Å². The van der Waals surface area contributed by atoms with Crippen molar-refractivity contribution in [2.45, 2.75) is 13.2 Å². The summed E-state index contributed by atoms with van der Waals surface area (Å²) < 4.78 is 11.1. The van der Waals surface area contributed by atoms with Crippen molar-refractivity contribution in [3.63, 3.8) is 0 Å². The number of aromatic amines is 1. The normalized spacial score (nSPS) is 10.8. The summed E-state index contributed by atoms with van der Waals surface area (Å²) >= 11 is 0. The number of H-pyrrole nitrogens is 1. The number of ether oxygens (including phenoxy) is 1. The van der Waals surface area contributed by atoms with Gasteiger partial charge in [0.2, 0.25) is 5.89 Å². The van der Waals surface area contributed by atoms with E-state index in [1.54, 1.807) is 12.4 Å². The Morgan fingerprint density at radius 2 is 2.27 bits per heavy atom.